The summed E-state index contributed by atoms with van der Waals surface area (Å²) in [5, 5.41) is 4.45. The van der Waals surface area contributed by atoms with Crippen molar-refractivity contribution >= 4 is 60.7 Å². The molecule has 158 valence electrons. The number of fused-ring (bicyclic) bond motifs is 1. The minimum atomic E-state index is -0.250. The van der Waals surface area contributed by atoms with E-state index < -0.39 is 0 Å². The maximum absolute atomic E-state index is 13.1. The van der Waals surface area contributed by atoms with Gasteiger partial charge >= 0.3 is 0 Å². The minimum absolute atomic E-state index is 0.250. The molecule has 7 heteroatoms. The summed E-state index contributed by atoms with van der Waals surface area (Å²) < 4.78 is 15.0. The van der Waals surface area contributed by atoms with Crippen LogP contribution in [0, 0.1) is 5.82 Å². The molecule has 4 nitrogen and oxygen atoms in total. The third-order valence-corrected chi connectivity index (χ3v) is 5.93. The van der Waals surface area contributed by atoms with Gasteiger partial charge in [0.05, 0.1) is 5.52 Å². The average molecular weight is 536 g/mol. The third-order valence-electron chi connectivity index (χ3n) is 4.87. The summed E-state index contributed by atoms with van der Waals surface area (Å²) in [6, 6.07) is 10.3. The molecule has 1 heterocycles. The van der Waals surface area contributed by atoms with Crippen molar-refractivity contribution in [2.24, 2.45) is 0 Å². The van der Waals surface area contributed by atoms with Gasteiger partial charge in [-0.2, -0.15) is 0 Å². The smallest absolute Gasteiger partial charge is 0.155 e. The number of aromatic nitrogens is 2. The summed E-state index contributed by atoms with van der Waals surface area (Å²) in [4.78, 5) is 11.8. The van der Waals surface area contributed by atoms with Crippen molar-refractivity contribution in [3.8, 4) is 0 Å². The van der Waals surface area contributed by atoms with Gasteiger partial charge in [0, 0.05) is 20.9 Å². The molecule has 0 bridgehead atoms. The van der Waals surface area contributed by atoms with Crippen LogP contribution in [0.15, 0.2) is 45.3 Å². The van der Waals surface area contributed by atoms with Crippen LogP contribution in [0.5, 0.6) is 0 Å². The summed E-state index contributed by atoms with van der Waals surface area (Å²) in [5.74, 6) is 1.15. The first kappa shape index (κ1) is 22.8. The van der Waals surface area contributed by atoms with Crippen LogP contribution in [-0.4, -0.2) is 41.0 Å². The maximum atomic E-state index is 13.1. The molecule has 2 aromatic carbocycles. The fraction of sp³-hybridized carbons (Fsp3) is 0.304. The van der Waals surface area contributed by atoms with Gasteiger partial charge in [0.15, 0.2) is 5.82 Å². The van der Waals surface area contributed by atoms with Crippen molar-refractivity contribution in [3.05, 3.63) is 62.5 Å². The highest BCUT2D eigenvalue weighted by atomic mass is 79.9. The van der Waals surface area contributed by atoms with Crippen LogP contribution in [0.4, 0.5) is 10.2 Å². The first-order valence-corrected chi connectivity index (χ1v) is 11.7. The molecule has 0 atom stereocenters. The Morgan fingerprint density at radius 2 is 1.77 bits per heavy atom. The van der Waals surface area contributed by atoms with E-state index in [4.69, 9.17) is 9.97 Å². The van der Waals surface area contributed by atoms with Gasteiger partial charge in [0.1, 0.15) is 11.6 Å². The Bertz CT molecular complexity index is 1020. The van der Waals surface area contributed by atoms with Gasteiger partial charge in [-0.15, -0.1) is 0 Å². The maximum Gasteiger partial charge on any atom is 0.155 e. The van der Waals surface area contributed by atoms with E-state index in [1.165, 1.54) is 12.1 Å². The molecule has 0 amide bonds. The molecule has 1 N–H and O–H groups in total. The van der Waals surface area contributed by atoms with Crippen molar-refractivity contribution in [3.63, 3.8) is 0 Å². The Labute approximate surface area is 193 Å². The third kappa shape index (κ3) is 6.09. The zero-order valence-electron chi connectivity index (χ0n) is 17.1. The van der Waals surface area contributed by atoms with Gasteiger partial charge in [0.2, 0.25) is 0 Å². The Balaban J connectivity index is 1.86. The van der Waals surface area contributed by atoms with E-state index in [0.29, 0.717) is 5.82 Å². The van der Waals surface area contributed by atoms with Crippen LogP contribution >= 0.6 is 31.9 Å². The predicted octanol–water partition coefficient (Wildman–Crippen LogP) is 6.61. The molecule has 3 rings (SSSR count). The van der Waals surface area contributed by atoms with Crippen LogP contribution in [0.3, 0.4) is 0 Å². The number of nitrogens with one attached hydrogen (secondary N) is 1. The van der Waals surface area contributed by atoms with Crippen LogP contribution in [0.25, 0.3) is 23.1 Å². The van der Waals surface area contributed by atoms with Crippen LogP contribution in [0.2, 0.25) is 0 Å². The van der Waals surface area contributed by atoms with Gasteiger partial charge < -0.3 is 10.2 Å². The quantitative estimate of drug-likeness (QED) is 0.313. The van der Waals surface area contributed by atoms with Crippen molar-refractivity contribution in [1.82, 2.24) is 14.9 Å². The molecule has 30 heavy (non-hydrogen) atoms. The van der Waals surface area contributed by atoms with E-state index in [1.54, 1.807) is 12.1 Å². The van der Waals surface area contributed by atoms with E-state index in [2.05, 4.69) is 55.9 Å². The zero-order chi connectivity index (χ0) is 21.5. The lowest BCUT2D eigenvalue weighted by atomic mass is 10.2. The molecule has 0 aliphatic rings. The first-order valence-electron chi connectivity index (χ1n) is 10.1. The molecule has 1 aromatic heterocycles. The van der Waals surface area contributed by atoms with Crippen molar-refractivity contribution in [2.75, 3.05) is 31.5 Å². The normalized spacial score (nSPS) is 11.7. The topological polar surface area (TPSA) is 41.0 Å². The molecule has 0 fully saturated rings. The molecule has 0 aliphatic heterocycles. The fourth-order valence-electron chi connectivity index (χ4n) is 3.18. The van der Waals surface area contributed by atoms with Crippen molar-refractivity contribution in [2.45, 2.75) is 20.3 Å². The molecule has 0 aliphatic carbocycles. The van der Waals surface area contributed by atoms with Crippen LogP contribution in [0.1, 0.15) is 31.7 Å². The number of nitrogens with zero attached hydrogens (tertiary/aromatic N) is 3. The highest BCUT2D eigenvalue weighted by Gasteiger charge is 2.11. The molecule has 0 radical (unpaired) electrons. The second kappa shape index (κ2) is 11.0. The average Bonchev–Trinajstić information content (AvgIpc) is 2.74. The summed E-state index contributed by atoms with van der Waals surface area (Å²) in [6.45, 7) is 8.37. The number of rotatable bonds is 9. The first-order chi connectivity index (χ1) is 14.5. The van der Waals surface area contributed by atoms with Gasteiger partial charge in [-0.3, -0.25) is 0 Å². The number of halogens is 3. The highest BCUT2D eigenvalue weighted by Crippen LogP contribution is 2.31. The van der Waals surface area contributed by atoms with Gasteiger partial charge in [0.25, 0.3) is 0 Å². The molecular formula is C23H25Br2FN4. The number of hydrogen-bond donors (Lipinski definition) is 1. The summed E-state index contributed by atoms with van der Waals surface area (Å²) in [5.41, 5.74) is 1.74. The molecular weight excluding hydrogens is 511 g/mol. The molecule has 3 aromatic rings. The minimum Gasteiger partial charge on any atom is -0.369 e. The van der Waals surface area contributed by atoms with Crippen molar-refractivity contribution < 1.29 is 4.39 Å². The van der Waals surface area contributed by atoms with Crippen LogP contribution < -0.4 is 5.32 Å². The number of hydrogen-bond acceptors (Lipinski definition) is 4. The lowest BCUT2D eigenvalue weighted by Crippen LogP contribution is -2.25. The monoisotopic (exact) mass is 534 g/mol. The summed E-state index contributed by atoms with van der Waals surface area (Å²) in [6.07, 6.45) is 4.77. The predicted molar refractivity (Wildman–Crippen MR) is 131 cm³/mol. The van der Waals surface area contributed by atoms with E-state index in [9.17, 15) is 4.39 Å². The second-order valence-electron chi connectivity index (χ2n) is 6.91. The molecule has 0 saturated heterocycles. The van der Waals surface area contributed by atoms with E-state index in [1.807, 2.05) is 24.3 Å². The van der Waals surface area contributed by atoms with Gasteiger partial charge in [-0.1, -0.05) is 48.0 Å². The lowest BCUT2D eigenvalue weighted by molar-refractivity contribution is 0.303. The fourth-order valence-corrected chi connectivity index (χ4v) is 4.49. The molecule has 0 saturated carbocycles. The summed E-state index contributed by atoms with van der Waals surface area (Å²) in [7, 11) is 0. The molecule has 0 unspecified atom stereocenters. The summed E-state index contributed by atoms with van der Waals surface area (Å²) >= 11 is 7.18. The zero-order valence-corrected chi connectivity index (χ0v) is 20.3. The second-order valence-corrected chi connectivity index (χ2v) is 8.68. The van der Waals surface area contributed by atoms with E-state index in [-0.39, 0.29) is 5.82 Å². The van der Waals surface area contributed by atoms with Gasteiger partial charge in [-0.05, 0) is 77.9 Å². The largest absolute Gasteiger partial charge is 0.369 e. The van der Waals surface area contributed by atoms with Crippen LogP contribution in [-0.2, 0) is 0 Å². The lowest BCUT2D eigenvalue weighted by Gasteiger charge is -2.18. The standard InChI is InChI=1S/C23H25Br2FN4/c1-3-30(4-2)13-5-12-27-23-19-14-17(24)15-20(25)22(19)28-21(29-23)11-8-16-6-9-18(26)10-7-16/h6-11,14-15H,3-5,12-13H2,1-2H3,(H,27,28,29)/b11-8+. The Morgan fingerprint density at radius 1 is 1.03 bits per heavy atom. The van der Waals surface area contributed by atoms with E-state index in [0.717, 1.165) is 63.8 Å². The number of anilines is 1. The Kier molecular flexibility index (Phi) is 8.36. The van der Waals surface area contributed by atoms with Crippen molar-refractivity contribution in [1.29, 1.82) is 0 Å². The molecule has 0 spiro atoms. The number of benzene rings is 2. The SMILES string of the molecule is CCN(CC)CCCNc1nc(/C=C/c2ccc(F)cc2)nc2c(Br)cc(Br)cc12. The Morgan fingerprint density at radius 3 is 2.47 bits per heavy atom. The van der Waals surface area contributed by atoms with E-state index >= 15 is 0 Å². The highest BCUT2D eigenvalue weighted by molar-refractivity contribution is 9.11. The Hall–Kier alpha value is -1.83. The van der Waals surface area contributed by atoms with Gasteiger partial charge in [-0.25, -0.2) is 14.4 Å².